The lowest BCUT2D eigenvalue weighted by Crippen LogP contribution is -2.36. The summed E-state index contributed by atoms with van der Waals surface area (Å²) in [5.41, 5.74) is 0.872. The summed E-state index contributed by atoms with van der Waals surface area (Å²) in [4.78, 5) is 13.1. The lowest BCUT2D eigenvalue weighted by atomic mass is 9.96. The molecule has 0 atom stereocenters. The van der Waals surface area contributed by atoms with E-state index in [2.05, 4.69) is 10.0 Å². The number of carbonyl (C=O) groups is 1. The van der Waals surface area contributed by atoms with E-state index < -0.39 is 10.0 Å². The lowest BCUT2D eigenvalue weighted by Gasteiger charge is -2.22. The number of nitrogens with one attached hydrogen (secondary N) is 2. The van der Waals surface area contributed by atoms with Gasteiger partial charge in [0.2, 0.25) is 10.0 Å². The highest BCUT2D eigenvalue weighted by Gasteiger charge is 2.22. The molecule has 0 heterocycles. The van der Waals surface area contributed by atoms with Crippen LogP contribution in [0.1, 0.15) is 42.5 Å². The molecule has 1 saturated carbocycles. The molecule has 1 amide bonds. The van der Waals surface area contributed by atoms with Crippen molar-refractivity contribution in [3.05, 3.63) is 84.4 Å². The third kappa shape index (κ3) is 7.07. The Labute approximate surface area is 206 Å². The van der Waals surface area contributed by atoms with E-state index in [1.54, 1.807) is 36.4 Å². The molecule has 0 saturated heterocycles. The maximum absolute atomic E-state index is 12.9. The fraction of sp³-hybridized carbons (Fsp3) is 0.296. The second-order valence-electron chi connectivity index (χ2n) is 8.44. The normalized spacial score (nSPS) is 14.3. The molecule has 0 spiro atoms. The molecule has 0 bridgehead atoms. The molecule has 8 heteroatoms. The Morgan fingerprint density at radius 3 is 2.20 bits per heavy atom. The Bertz CT molecular complexity index is 1210. The summed E-state index contributed by atoms with van der Waals surface area (Å²) in [5, 5.41) is 2.81. The monoisotopic (exact) mass is 494 g/mol. The van der Waals surface area contributed by atoms with Crippen LogP contribution in [-0.4, -0.2) is 33.6 Å². The zero-order valence-corrected chi connectivity index (χ0v) is 20.3. The molecule has 35 heavy (non-hydrogen) atoms. The molecule has 7 nitrogen and oxygen atoms in total. The van der Waals surface area contributed by atoms with Crippen molar-refractivity contribution in [1.29, 1.82) is 0 Å². The average Bonchev–Trinajstić information content (AvgIpc) is 2.88. The highest BCUT2D eigenvalue weighted by Crippen LogP contribution is 2.23. The van der Waals surface area contributed by atoms with Gasteiger partial charge in [-0.05, 0) is 61.4 Å². The average molecular weight is 495 g/mol. The maximum atomic E-state index is 12.9. The summed E-state index contributed by atoms with van der Waals surface area (Å²) in [5.74, 6) is 0.847. The molecule has 3 aromatic carbocycles. The van der Waals surface area contributed by atoms with Crippen LogP contribution in [-0.2, 0) is 10.0 Å². The summed E-state index contributed by atoms with van der Waals surface area (Å²) < 4.78 is 39.6. The molecular weight excluding hydrogens is 464 g/mol. The Kier molecular flexibility index (Phi) is 8.39. The summed E-state index contributed by atoms with van der Waals surface area (Å²) in [6, 6.07) is 22.6. The van der Waals surface area contributed by atoms with Crippen molar-refractivity contribution in [3.8, 4) is 11.5 Å². The van der Waals surface area contributed by atoms with Crippen LogP contribution in [0.15, 0.2) is 83.8 Å². The molecule has 3 aromatic rings. The molecular formula is C27H30N2O5S. The predicted molar refractivity (Wildman–Crippen MR) is 135 cm³/mol. The maximum Gasteiger partial charge on any atom is 0.259 e. The zero-order valence-electron chi connectivity index (χ0n) is 19.5. The Hall–Kier alpha value is -3.36. The van der Waals surface area contributed by atoms with Gasteiger partial charge in [0.05, 0.1) is 10.5 Å². The van der Waals surface area contributed by atoms with Crippen molar-refractivity contribution in [3.63, 3.8) is 0 Å². The topological polar surface area (TPSA) is 93.7 Å². The van der Waals surface area contributed by atoms with Crippen molar-refractivity contribution in [2.24, 2.45) is 0 Å². The number of sulfonamides is 1. The standard InChI is InChI=1S/C27H30N2O5S/c30-27(25-13-7-8-14-26(25)34-20-19-33-23-11-5-2-6-12-23)28-21-15-17-24(18-16-21)35(31,32)29-22-9-3-1-4-10-22/h2,5-8,11-18,22,29H,1,3-4,9-10,19-20H2,(H,28,30). The van der Waals surface area contributed by atoms with Crippen LogP contribution in [0.25, 0.3) is 0 Å². The van der Waals surface area contributed by atoms with Crippen LogP contribution in [0.3, 0.4) is 0 Å². The van der Waals surface area contributed by atoms with Gasteiger partial charge in [0.1, 0.15) is 24.7 Å². The van der Waals surface area contributed by atoms with E-state index in [0.29, 0.717) is 23.6 Å². The van der Waals surface area contributed by atoms with Crippen LogP contribution in [0.2, 0.25) is 0 Å². The highest BCUT2D eigenvalue weighted by molar-refractivity contribution is 7.89. The summed E-state index contributed by atoms with van der Waals surface area (Å²) in [6.07, 6.45) is 4.98. The van der Waals surface area contributed by atoms with Gasteiger partial charge in [-0.1, -0.05) is 49.6 Å². The van der Waals surface area contributed by atoms with Crippen LogP contribution < -0.4 is 19.5 Å². The highest BCUT2D eigenvalue weighted by atomic mass is 32.2. The Morgan fingerprint density at radius 2 is 1.46 bits per heavy atom. The van der Waals surface area contributed by atoms with E-state index in [9.17, 15) is 13.2 Å². The predicted octanol–water partition coefficient (Wildman–Crippen LogP) is 5.01. The second-order valence-corrected chi connectivity index (χ2v) is 10.2. The molecule has 1 aliphatic carbocycles. The third-order valence-corrected chi connectivity index (χ3v) is 7.37. The van der Waals surface area contributed by atoms with Gasteiger partial charge in [0.15, 0.2) is 0 Å². The van der Waals surface area contributed by atoms with Gasteiger partial charge >= 0.3 is 0 Å². The molecule has 184 valence electrons. The summed E-state index contributed by atoms with van der Waals surface area (Å²) in [7, 11) is -3.59. The summed E-state index contributed by atoms with van der Waals surface area (Å²) >= 11 is 0. The third-order valence-electron chi connectivity index (χ3n) is 5.83. The summed E-state index contributed by atoms with van der Waals surface area (Å²) in [6.45, 7) is 0.616. The van der Waals surface area contributed by atoms with Crippen molar-refractivity contribution in [2.45, 2.75) is 43.0 Å². The minimum atomic E-state index is -3.59. The molecule has 0 aromatic heterocycles. The van der Waals surface area contributed by atoms with E-state index in [0.717, 1.165) is 37.9 Å². The van der Waals surface area contributed by atoms with Crippen LogP contribution >= 0.6 is 0 Å². The number of anilines is 1. The van der Waals surface area contributed by atoms with Gasteiger partial charge in [-0.3, -0.25) is 4.79 Å². The van der Waals surface area contributed by atoms with E-state index in [-0.39, 0.29) is 23.5 Å². The first-order valence-electron chi connectivity index (χ1n) is 11.8. The van der Waals surface area contributed by atoms with Crippen molar-refractivity contribution >= 4 is 21.6 Å². The first kappa shape index (κ1) is 24.8. The molecule has 0 unspecified atom stereocenters. The number of ether oxygens (including phenoxy) is 2. The van der Waals surface area contributed by atoms with E-state index in [1.807, 2.05) is 30.3 Å². The molecule has 1 fully saturated rings. The van der Waals surface area contributed by atoms with Gasteiger partial charge < -0.3 is 14.8 Å². The number of rotatable bonds is 10. The van der Waals surface area contributed by atoms with Gasteiger partial charge in [0.25, 0.3) is 5.91 Å². The first-order valence-corrected chi connectivity index (χ1v) is 13.3. The van der Waals surface area contributed by atoms with Gasteiger partial charge in [-0.25, -0.2) is 13.1 Å². The second kappa shape index (κ2) is 11.9. The van der Waals surface area contributed by atoms with Gasteiger partial charge in [-0.2, -0.15) is 0 Å². The number of hydrogen-bond acceptors (Lipinski definition) is 5. The fourth-order valence-corrected chi connectivity index (χ4v) is 5.34. The number of benzene rings is 3. The van der Waals surface area contributed by atoms with Crippen molar-refractivity contribution < 1.29 is 22.7 Å². The smallest absolute Gasteiger partial charge is 0.259 e. The van der Waals surface area contributed by atoms with Crippen molar-refractivity contribution in [1.82, 2.24) is 4.72 Å². The molecule has 4 rings (SSSR count). The molecule has 2 N–H and O–H groups in total. The number of carbonyl (C=O) groups excluding carboxylic acids is 1. The van der Waals surface area contributed by atoms with Crippen molar-refractivity contribution in [2.75, 3.05) is 18.5 Å². The Morgan fingerprint density at radius 1 is 0.800 bits per heavy atom. The molecule has 1 aliphatic rings. The van der Waals surface area contributed by atoms with Gasteiger partial charge in [-0.15, -0.1) is 0 Å². The first-order chi connectivity index (χ1) is 17.0. The van der Waals surface area contributed by atoms with E-state index in [4.69, 9.17) is 9.47 Å². The zero-order chi connectivity index (χ0) is 24.5. The molecule has 0 radical (unpaired) electrons. The number of amides is 1. The van der Waals surface area contributed by atoms with Crippen LogP contribution in [0.5, 0.6) is 11.5 Å². The molecule has 0 aliphatic heterocycles. The quantitative estimate of drug-likeness (QED) is 0.387. The fourth-order valence-electron chi connectivity index (χ4n) is 4.03. The van der Waals surface area contributed by atoms with Gasteiger partial charge in [0, 0.05) is 11.7 Å². The lowest BCUT2D eigenvalue weighted by molar-refractivity contribution is 0.102. The van der Waals surface area contributed by atoms with Crippen LogP contribution in [0, 0.1) is 0 Å². The Balaban J connectivity index is 1.33. The van der Waals surface area contributed by atoms with Crippen LogP contribution in [0.4, 0.5) is 5.69 Å². The largest absolute Gasteiger partial charge is 0.490 e. The number of para-hydroxylation sites is 2. The minimum Gasteiger partial charge on any atom is -0.490 e. The number of hydrogen-bond donors (Lipinski definition) is 2. The van der Waals surface area contributed by atoms with E-state index in [1.165, 1.54) is 12.1 Å². The van der Waals surface area contributed by atoms with E-state index >= 15 is 0 Å². The minimum absolute atomic E-state index is 0.0114. The SMILES string of the molecule is O=C(Nc1ccc(S(=O)(=O)NC2CCCCC2)cc1)c1ccccc1OCCOc1ccccc1.